The Morgan fingerprint density at radius 1 is 1.03 bits per heavy atom. The minimum Gasteiger partial charge on any atom is -0.466 e. The van der Waals surface area contributed by atoms with Crippen LogP contribution in [0.1, 0.15) is 40.5 Å². The summed E-state index contributed by atoms with van der Waals surface area (Å²) in [4.78, 5) is 29.6. The smallest absolute Gasteiger partial charge is 0.346 e. The number of aromatic nitrogens is 1. The van der Waals surface area contributed by atoms with Crippen LogP contribution < -0.4 is 0 Å². The summed E-state index contributed by atoms with van der Waals surface area (Å²) in [6.45, 7) is 1.51. The summed E-state index contributed by atoms with van der Waals surface area (Å²) in [5, 5.41) is 0.731. The Balaban J connectivity index is 1.82. The zero-order chi connectivity index (χ0) is 20.4. The molecule has 0 N–H and O–H groups in total. The summed E-state index contributed by atoms with van der Waals surface area (Å²) < 4.78 is 10.1. The topological polar surface area (TPSA) is 65.5 Å². The third-order valence-corrected chi connectivity index (χ3v) is 5.10. The van der Waals surface area contributed by atoms with Crippen molar-refractivity contribution in [3.8, 4) is 0 Å². The summed E-state index contributed by atoms with van der Waals surface area (Å²) in [5.41, 5.74) is 5.08. The lowest BCUT2D eigenvalue weighted by Gasteiger charge is -2.15. The molecular formula is C24H21NO4. The van der Waals surface area contributed by atoms with E-state index in [9.17, 15) is 9.59 Å². The molecule has 1 heterocycles. The Labute approximate surface area is 169 Å². The van der Waals surface area contributed by atoms with Crippen LogP contribution in [0.25, 0.3) is 22.6 Å². The van der Waals surface area contributed by atoms with Gasteiger partial charge in [-0.2, -0.15) is 0 Å². The van der Waals surface area contributed by atoms with E-state index in [0.29, 0.717) is 12.0 Å². The van der Waals surface area contributed by atoms with E-state index in [0.717, 1.165) is 39.7 Å². The summed E-state index contributed by atoms with van der Waals surface area (Å²) in [6.07, 6.45) is 2.62. The molecule has 1 aliphatic carbocycles. The molecule has 3 aromatic rings. The van der Waals surface area contributed by atoms with Gasteiger partial charge in [-0.3, -0.25) is 0 Å². The van der Waals surface area contributed by atoms with E-state index in [1.54, 1.807) is 0 Å². The van der Waals surface area contributed by atoms with E-state index in [1.165, 1.54) is 14.0 Å². The normalized spacial score (nSPS) is 15.2. The van der Waals surface area contributed by atoms with Crippen molar-refractivity contribution in [2.75, 3.05) is 7.11 Å². The molecule has 0 spiro atoms. The number of carbonyl (C=O) groups is 2. The third-order valence-electron chi connectivity index (χ3n) is 5.10. The lowest BCUT2D eigenvalue weighted by Crippen LogP contribution is -2.26. The highest BCUT2D eigenvalue weighted by molar-refractivity contribution is 6.07. The van der Waals surface area contributed by atoms with Crippen molar-refractivity contribution >= 4 is 34.5 Å². The predicted octanol–water partition coefficient (Wildman–Crippen LogP) is 4.44. The van der Waals surface area contributed by atoms with E-state index in [2.05, 4.69) is 10.8 Å². The fraction of sp³-hybridized carbons (Fsp3) is 0.208. The predicted molar refractivity (Wildman–Crippen MR) is 111 cm³/mol. The van der Waals surface area contributed by atoms with Crippen LogP contribution in [0.4, 0.5) is 0 Å². The van der Waals surface area contributed by atoms with E-state index in [4.69, 9.17) is 9.72 Å². The monoisotopic (exact) mass is 387 g/mol. The Morgan fingerprint density at radius 2 is 1.76 bits per heavy atom. The second kappa shape index (κ2) is 7.87. The molecule has 0 saturated carbocycles. The van der Waals surface area contributed by atoms with Crippen LogP contribution in [-0.4, -0.2) is 30.1 Å². The second-order valence-corrected chi connectivity index (χ2v) is 6.98. The first-order chi connectivity index (χ1) is 14.1. The number of esters is 2. The quantitative estimate of drug-likeness (QED) is 0.619. The van der Waals surface area contributed by atoms with E-state index >= 15 is 0 Å². The molecule has 5 nitrogen and oxygen atoms in total. The molecule has 0 fully saturated rings. The maximum absolute atomic E-state index is 13.0. The lowest BCUT2D eigenvalue weighted by molar-refractivity contribution is -0.149. The van der Waals surface area contributed by atoms with Crippen molar-refractivity contribution in [2.45, 2.75) is 25.9 Å². The number of pyridine rings is 1. The Hall–Kier alpha value is -3.47. The van der Waals surface area contributed by atoms with Gasteiger partial charge in [-0.1, -0.05) is 48.5 Å². The fourth-order valence-corrected chi connectivity index (χ4v) is 3.70. The van der Waals surface area contributed by atoms with Gasteiger partial charge in [-0.05, 0) is 48.6 Å². The summed E-state index contributed by atoms with van der Waals surface area (Å²) >= 11 is 0. The van der Waals surface area contributed by atoms with Gasteiger partial charge in [-0.25, -0.2) is 14.6 Å². The molecule has 4 rings (SSSR count). The van der Waals surface area contributed by atoms with Gasteiger partial charge in [0.1, 0.15) is 0 Å². The number of methoxy groups -OCH3 is 1. The van der Waals surface area contributed by atoms with Crippen molar-refractivity contribution in [1.29, 1.82) is 0 Å². The van der Waals surface area contributed by atoms with E-state index in [1.807, 2.05) is 54.6 Å². The molecule has 0 saturated heterocycles. The minimum absolute atomic E-state index is 0.484. The number of fused-ring (bicyclic) bond motifs is 2. The van der Waals surface area contributed by atoms with Crippen LogP contribution in [0.15, 0.2) is 54.6 Å². The molecule has 0 radical (unpaired) electrons. The number of rotatable bonds is 4. The zero-order valence-corrected chi connectivity index (χ0v) is 16.3. The highest BCUT2D eigenvalue weighted by Gasteiger charge is 2.29. The van der Waals surface area contributed by atoms with Gasteiger partial charge in [0.15, 0.2) is 6.10 Å². The van der Waals surface area contributed by atoms with Crippen molar-refractivity contribution in [1.82, 2.24) is 4.98 Å². The van der Waals surface area contributed by atoms with Crippen LogP contribution in [-0.2, 0) is 20.7 Å². The third kappa shape index (κ3) is 3.63. The fourth-order valence-electron chi connectivity index (χ4n) is 3.70. The maximum atomic E-state index is 13.0. The molecule has 0 aliphatic heterocycles. The Morgan fingerprint density at radius 3 is 2.52 bits per heavy atom. The van der Waals surface area contributed by atoms with E-state index < -0.39 is 18.0 Å². The molecule has 1 unspecified atom stereocenters. The molecule has 5 heteroatoms. The molecule has 146 valence electrons. The van der Waals surface area contributed by atoms with Crippen LogP contribution in [0.3, 0.4) is 0 Å². The van der Waals surface area contributed by atoms with Gasteiger partial charge in [0.05, 0.1) is 23.9 Å². The first-order valence-corrected chi connectivity index (χ1v) is 9.55. The molecule has 0 bridgehead atoms. The molecule has 1 aliphatic rings. The van der Waals surface area contributed by atoms with Gasteiger partial charge >= 0.3 is 11.9 Å². The largest absolute Gasteiger partial charge is 0.466 e. The number of nitrogens with zero attached hydrogens (tertiary/aromatic N) is 1. The van der Waals surface area contributed by atoms with Crippen molar-refractivity contribution in [3.63, 3.8) is 0 Å². The molecule has 0 amide bonds. The summed E-state index contributed by atoms with van der Waals surface area (Å²) in [5.74, 6) is -1.11. The van der Waals surface area contributed by atoms with Gasteiger partial charge in [-0.15, -0.1) is 0 Å². The number of allylic oxidation sites excluding steroid dienone is 1. The standard InChI is InChI=1S/C24H21NO4/c1-15(23(26)28-2)29-24(27)21-18-10-6-7-11-20(18)25-22-17(12-13-19(21)22)14-16-8-4-3-5-9-16/h3-11,14-15H,12-13H2,1-2H3. The number of para-hydroxylation sites is 1. The van der Waals surface area contributed by atoms with Gasteiger partial charge < -0.3 is 9.47 Å². The average Bonchev–Trinajstić information content (AvgIpc) is 3.13. The molecule has 1 atom stereocenters. The molecule has 1 aromatic heterocycles. The summed E-state index contributed by atoms with van der Waals surface area (Å²) in [7, 11) is 1.27. The SMILES string of the molecule is COC(=O)C(C)OC(=O)c1c2c(nc3ccccc13)C(=Cc1ccccc1)CC2. The Kier molecular flexibility index (Phi) is 5.12. The Bertz CT molecular complexity index is 1120. The summed E-state index contributed by atoms with van der Waals surface area (Å²) in [6, 6.07) is 17.6. The van der Waals surface area contributed by atoms with Crippen molar-refractivity contribution < 1.29 is 19.1 Å². The first kappa shape index (κ1) is 18.9. The average molecular weight is 387 g/mol. The highest BCUT2D eigenvalue weighted by Crippen LogP contribution is 2.37. The minimum atomic E-state index is -0.976. The molecule has 29 heavy (non-hydrogen) atoms. The van der Waals surface area contributed by atoms with Gasteiger partial charge in [0, 0.05) is 5.39 Å². The van der Waals surface area contributed by atoms with Gasteiger partial charge in [0.2, 0.25) is 0 Å². The number of hydrogen-bond acceptors (Lipinski definition) is 5. The van der Waals surface area contributed by atoms with Crippen LogP contribution in [0.5, 0.6) is 0 Å². The number of benzene rings is 2. The molecule has 2 aromatic carbocycles. The van der Waals surface area contributed by atoms with Gasteiger partial charge in [0.25, 0.3) is 0 Å². The number of carbonyl (C=O) groups excluding carboxylic acids is 2. The number of ether oxygens (including phenoxy) is 2. The van der Waals surface area contributed by atoms with Crippen LogP contribution >= 0.6 is 0 Å². The van der Waals surface area contributed by atoms with Crippen molar-refractivity contribution in [2.24, 2.45) is 0 Å². The zero-order valence-electron chi connectivity index (χ0n) is 16.3. The number of hydrogen-bond donors (Lipinski definition) is 0. The van der Waals surface area contributed by atoms with Crippen LogP contribution in [0, 0.1) is 0 Å². The highest BCUT2D eigenvalue weighted by atomic mass is 16.6. The maximum Gasteiger partial charge on any atom is 0.346 e. The molecular weight excluding hydrogens is 366 g/mol. The first-order valence-electron chi connectivity index (χ1n) is 9.55. The second-order valence-electron chi connectivity index (χ2n) is 6.98. The lowest BCUT2D eigenvalue weighted by atomic mass is 10.0. The van der Waals surface area contributed by atoms with Crippen molar-refractivity contribution in [3.05, 3.63) is 77.0 Å². The van der Waals surface area contributed by atoms with Crippen LogP contribution in [0.2, 0.25) is 0 Å². The van der Waals surface area contributed by atoms with E-state index in [-0.39, 0.29) is 0 Å².